The smallest absolute Gasteiger partial charge is 0.161 e. The highest BCUT2D eigenvalue weighted by Gasteiger charge is 2.18. The number of aryl methyl sites for hydroxylation is 1. The average molecular weight is 309 g/mol. The summed E-state index contributed by atoms with van der Waals surface area (Å²) in [6, 6.07) is 6.30. The monoisotopic (exact) mass is 309 g/mol. The Balaban J connectivity index is 2.09. The molecule has 2 rings (SSSR count). The molecule has 114 valence electrons. The molecule has 0 bridgehead atoms. The predicted molar refractivity (Wildman–Crippen MR) is 83.1 cm³/mol. The third-order valence-corrected chi connectivity index (χ3v) is 4.19. The van der Waals surface area contributed by atoms with Crippen molar-refractivity contribution >= 4 is 11.8 Å². The lowest BCUT2D eigenvalue weighted by Gasteiger charge is -2.15. The number of hydrogen-bond donors (Lipinski definition) is 1. The van der Waals surface area contributed by atoms with Crippen molar-refractivity contribution in [2.45, 2.75) is 30.8 Å². The van der Waals surface area contributed by atoms with Gasteiger partial charge in [-0.15, -0.1) is 11.8 Å². The van der Waals surface area contributed by atoms with Gasteiger partial charge in [0.1, 0.15) is 5.82 Å². The van der Waals surface area contributed by atoms with Gasteiger partial charge in [0.2, 0.25) is 0 Å². The van der Waals surface area contributed by atoms with E-state index in [-0.39, 0.29) is 11.9 Å². The molecule has 1 aromatic heterocycles. The molecule has 0 aliphatic carbocycles. The molecule has 0 amide bonds. The van der Waals surface area contributed by atoms with Gasteiger partial charge in [-0.3, -0.25) is 4.68 Å². The van der Waals surface area contributed by atoms with E-state index in [0.717, 1.165) is 23.6 Å². The van der Waals surface area contributed by atoms with Gasteiger partial charge in [-0.1, -0.05) is 13.0 Å². The van der Waals surface area contributed by atoms with Gasteiger partial charge in [0.15, 0.2) is 5.75 Å². The van der Waals surface area contributed by atoms with Crippen LogP contribution in [-0.4, -0.2) is 22.6 Å². The van der Waals surface area contributed by atoms with Crippen LogP contribution in [0.2, 0.25) is 0 Å². The molecule has 1 heterocycles. The zero-order valence-electron chi connectivity index (χ0n) is 12.3. The van der Waals surface area contributed by atoms with E-state index in [2.05, 4.69) is 12.0 Å². The summed E-state index contributed by atoms with van der Waals surface area (Å²) in [5.41, 5.74) is 7.17. The van der Waals surface area contributed by atoms with Gasteiger partial charge >= 0.3 is 0 Å². The highest BCUT2D eigenvalue weighted by Crippen LogP contribution is 2.29. The molecule has 21 heavy (non-hydrogen) atoms. The number of ether oxygens (including phenoxy) is 1. The van der Waals surface area contributed by atoms with Crippen LogP contribution >= 0.6 is 11.8 Å². The lowest BCUT2D eigenvalue weighted by Crippen LogP contribution is -2.19. The molecule has 0 aliphatic heterocycles. The molecular formula is C15H20FN3OS. The summed E-state index contributed by atoms with van der Waals surface area (Å²) in [6.45, 7) is 2.89. The van der Waals surface area contributed by atoms with Gasteiger partial charge in [0.05, 0.1) is 25.0 Å². The Morgan fingerprint density at radius 1 is 1.48 bits per heavy atom. The number of hydrogen-bond acceptors (Lipinski definition) is 4. The van der Waals surface area contributed by atoms with Gasteiger partial charge in [0.25, 0.3) is 0 Å². The molecule has 1 atom stereocenters. The maximum absolute atomic E-state index is 13.2. The molecule has 1 aromatic carbocycles. The molecule has 2 N–H and O–H groups in total. The highest BCUT2D eigenvalue weighted by molar-refractivity contribution is 7.99. The fourth-order valence-corrected chi connectivity index (χ4v) is 3.02. The minimum absolute atomic E-state index is 0.220. The number of aromatic nitrogens is 2. The zero-order valence-corrected chi connectivity index (χ0v) is 13.1. The average Bonchev–Trinajstić information content (AvgIpc) is 2.88. The molecule has 4 nitrogen and oxygen atoms in total. The van der Waals surface area contributed by atoms with Crippen molar-refractivity contribution < 1.29 is 9.13 Å². The van der Waals surface area contributed by atoms with E-state index in [1.54, 1.807) is 19.4 Å². The molecule has 0 aliphatic rings. The van der Waals surface area contributed by atoms with Gasteiger partial charge in [0, 0.05) is 17.2 Å². The number of rotatable bonds is 7. The van der Waals surface area contributed by atoms with Gasteiger partial charge < -0.3 is 10.5 Å². The standard InChI is InChI=1S/C15H20FN3OS/c1-3-7-19-15(14(20-2)9-18-19)13(17)10-21-12-6-4-5-11(16)8-12/h4-6,8-9,13H,3,7,10,17H2,1-2H3. The fraction of sp³-hybridized carbons (Fsp3) is 0.400. The van der Waals surface area contributed by atoms with Crippen molar-refractivity contribution in [2.75, 3.05) is 12.9 Å². The van der Waals surface area contributed by atoms with Crippen LogP contribution in [0.15, 0.2) is 35.4 Å². The van der Waals surface area contributed by atoms with Crippen LogP contribution in [0.1, 0.15) is 25.1 Å². The molecule has 1 unspecified atom stereocenters. The molecule has 0 saturated carbocycles. The van der Waals surface area contributed by atoms with Crippen LogP contribution < -0.4 is 10.5 Å². The molecular weight excluding hydrogens is 289 g/mol. The third-order valence-electron chi connectivity index (χ3n) is 3.08. The molecule has 2 aromatic rings. The van der Waals surface area contributed by atoms with Crippen molar-refractivity contribution in [1.82, 2.24) is 9.78 Å². The number of nitrogens with zero attached hydrogens (tertiary/aromatic N) is 2. The van der Waals surface area contributed by atoms with Crippen molar-refractivity contribution in [1.29, 1.82) is 0 Å². The minimum atomic E-state index is -0.234. The second-order valence-corrected chi connectivity index (χ2v) is 5.79. The summed E-state index contributed by atoms with van der Waals surface area (Å²) >= 11 is 1.53. The van der Waals surface area contributed by atoms with Crippen molar-refractivity contribution in [3.8, 4) is 5.75 Å². The molecule has 6 heteroatoms. The van der Waals surface area contributed by atoms with E-state index in [1.165, 1.54) is 23.9 Å². The minimum Gasteiger partial charge on any atom is -0.493 e. The first-order valence-electron chi connectivity index (χ1n) is 6.89. The van der Waals surface area contributed by atoms with Crippen molar-refractivity contribution in [2.24, 2.45) is 5.73 Å². The zero-order chi connectivity index (χ0) is 15.2. The van der Waals surface area contributed by atoms with Crippen LogP contribution in [0.5, 0.6) is 5.75 Å². The second-order valence-electron chi connectivity index (χ2n) is 4.70. The summed E-state index contributed by atoms with van der Waals surface area (Å²) in [5, 5.41) is 4.31. The van der Waals surface area contributed by atoms with Crippen LogP contribution in [-0.2, 0) is 6.54 Å². The summed E-state index contributed by atoms with van der Waals surface area (Å²) < 4.78 is 20.4. The number of halogens is 1. The normalized spacial score (nSPS) is 12.4. The maximum Gasteiger partial charge on any atom is 0.161 e. The van der Waals surface area contributed by atoms with Crippen LogP contribution in [0.3, 0.4) is 0 Å². The molecule has 0 spiro atoms. The molecule has 0 radical (unpaired) electrons. The Bertz CT molecular complexity index is 588. The van der Waals surface area contributed by atoms with E-state index in [9.17, 15) is 4.39 Å². The van der Waals surface area contributed by atoms with Crippen molar-refractivity contribution in [3.63, 3.8) is 0 Å². The number of nitrogens with two attached hydrogens (primary N) is 1. The predicted octanol–water partition coefficient (Wildman–Crippen LogP) is 3.23. The highest BCUT2D eigenvalue weighted by atomic mass is 32.2. The van der Waals surface area contributed by atoms with E-state index in [1.807, 2.05) is 10.7 Å². The Morgan fingerprint density at radius 2 is 2.29 bits per heavy atom. The SMILES string of the molecule is CCCn1ncc(OC)c1C(N)CSc1cccc(F)c1. The van der Waals surface area contributed by atoms with Gasteiger partial charge in [-0.05, 0) is 24.6 Å². The van der Waals surface area contributed by atoms with Gasteiger partial charge in [-0.25, -0.2) is 4.39 Å². The van der Waals surface area contributed by atoms with E-state index in [4.69, 9.17) is 10.5 Å². The number of thioether (sulfide) groups is 1. The largest absolute Gasteiger partial charge is 0.493 e. The molecule has 0 saturated heterocycles. The lowest BCUT2D eigenvalue weighted by atomic mass is 10.2. The summed E-state index contributed by atoms with van der Waals surface area (Å²) in [4.78, 5) is 0.867. The summed E-state index contributed by atoms with van der Waals surface area (Å²) in [6.07, 6.45) is 2.67. The maximum atomic E-state index is 13.2. The first-order valence-corrected chi connectivity index (χ1v) is 7.88. The first-order chi connectivity index (χ1) is 10.2. The lowest BCUT2D eigenvalue weighted by molar-refractivity contribution is 0.403. The Kier molecular flexibility index (Phi) is 5.64. The van der Waals surface area contributed by atoms with E-state index < -0.39 is 0 Å². The van der Waals surface area contributed by atoms with Gasteiger partial charge in [-0.2, -0.15) is 5.10 Å². The molecule has 0 fully saturated rings. The van der Waals surface area contributed by atoms with Crippen molar-refractivity contribution in [3.05, 3.63) is 42.0 Å². The summed E-state index contributed by atoms with van der Waals surface area (Å²) in [7, 11) is 1.61. The van der Waals surface area contributed by atoms with E-state index in [0.29, 0.717) is 11.5 Å². The Morgan fingerprint density at radius 3 is 2.95 bits per heavy atom. The third kappa shape index (κ3) is 3.98. The number of methoxy groups -OCH3 is 1. The Labute approximate surface area is 128 Å². The van der Waals surface area contributed by atoms with Crippen LogP contribution in [0.25, 0.3) is 0 Å². The summed E-state index contributed by atoms with van der Waals surface area (Å²) in [5.74, 6) is 1.10. The Hall–Kier alpha value is -1.53. The topological polar surface area (TPSA) is 53.1 Å². The second kappa shape index (κ2) is 7.47. The quantitative estimate of drug-likeness (QED) is 0.798. The van der Waals surface area contributed by atoms with Crippen LogP contribution in [0.4, 0.5) is 4.39 Å². The van der Waals surface area contributed by atoms with Crippen LogP contribution in [0, 0.1) is 5.82 Å². The fourth-order valence-electron chi connectivity index (χ4n) is 2.12. The first kappa shape index (κ1) is 15.9. The van der Waals surface area contributed by atoms with E-state index >= 15 is 0 Å². The number of benzene rings is 1.